The van der Waals surface area contributed by atoms with Gasteiger partial charge >= 0.3 is 36.2 Å². The molecule has 0 bridgehead atoms. The van der Waals surface area contributed by atoms with E-state index in [9.17, 15) is 45.5 Å². The van der Waals surface area contributed by atoms with Gasteiger partial charge in [0, 0.05) is 0 Å². The van der Waals surface area contributed by atoms with E-state index < -0.39 is 57.8 Å². The molecule has 0 amide bonds. The first-order valence-electron chi connectivity index (χ1n) is 46.1. The third kappa shape index (κ3) is 32.9. The molecule has 12 aromatic rings. The highest BCUT2D eigenvalue weighted by molar-refractivity contribution is 5.82. The molecule has 0 heterocycles. The van der Waals surface area contributed by atoms with Crippen molar-refractivity contribution in [3.8, 4) is 90.5 Å². The first-order chi connectivity index (χ1) is 66.2. The summed E-state index contributed by atoms with van der Waals surface area (Å²) in [6.07, 6.45) is 5.23. The van der Waals surface area contributed by atoms with Crippen molar-refractivity contribution >= 4 is 47.2 Å². The molecular weight excluding hydrogens is 1760 g/mol. The molecule has 22 heteroatoms. The molecule has 0 saturated carbocycles. The molecule has 724 valence electrons. The third-order valence-electron chi connectivity index (χ3n) is 22.6. The van der Waals surface area contributed by atoms with Gasteiger partial charge in [0.25, 0.3) is 0 Å². The largest absolute Gasteiger partial charge is 0.490 e. The number of hydrogen-bond donors (Lipinski definition) is 0. The van der Waals surface area contributed by atoms with Gasteiger partial charge in [0.1, 0.15) is 72.4 Å². The van der Waals surface area contributed by atoms with E-state index in [1.54, 1.807) is 128 Å². The highest BCUT2D eigenvalue weighted by atomic mass is 19.4. The maximum Gasteiger partial charge on any atom is 0.416 e. The number of esters is 4. The number of halogens is 6. The van der Waals surface area contributed by atoms with E-state index in [-0.39, 0.29) is 11.9 Å². The molecule has 4 atom stereocenters. The third-order valence-corrected chi connectivity index (χ3v) is 22.6. The van der Waals surface area contributed by atoms with Crippen molar-refractivity contribution < 1.29 is 102 Å². The van der Waals surface area contributed by atoms with Crippen LogP contribution >= 0.6 is 0 Å². The standard InChI is InChI=1S/2C30H31F3O4.2C28H30O4/c2*1-5-29(4,28(34)35-6-2)37-27-17-15-26(16-18-27)36-20-19-21(3)22-7-9-23(10-8-22)24-11-13-25(14-12-24)30(31,32)33;2*1-4-28(3,27(29)30-5-2)32-26-19-17-25(18-20-26)31-21-9-10-22-13-15-24(16-14-22)23-11-7-6-8-12-23/h2*7-19H,5-6,20H2,1-4H3;2*6-20H,4-5,21H2,1-3H3/b2*21-19+;2*10-9+/t2*29-;2*28-/m1010/s1. The Balaban J connectivity index is 0.000000206. The van der Waals surface area contributed by atoms with E-state index in [0.717, 1.165) is 91.4 Å². The second-order valence-electron chi connectivity index (χ2n) is 32.6. The first-order valence-corrected chi connectivity index (χ1v) is 46.1. The van der Waals surface area contributed by atoms with Crippen LogP contribution in [0.3, 0.4) is 0 Å². The maximum absolute atomic E-state index is 12.8. The van der Waals surface area contributed by atoms with Crippen molar-refractivity contribution in [3.63, 3.8) is 0 Å². The predicted octanol–water partition coefficient (Wildman–Crippen LogP) is 29.0. The van der Waals surface area contributed by atoms with Crippen molar-refractivity contribution in [3.05, 3.63) is 361 Å². The lowest BCUT2D eigenvalue weighted by Crippen LogP contribution is -2.42. The van der Waals surface area contributed by atoms with E-state index in [1.165, 1.54) is 46.5 Å². The van der Waals surface area contributed by atoms with Crippen molar-refractivity contribution in [2.45, 2.75) is 157 Å². The van der Waals surface area contributed by atoms with Crippen LogP contribution in [0.1, 0.15) is 156 Å². The normalized spacial score (nSPS) is 13.2. The minimum absolute atomic E-state index is 0.292. The van der Waals surface area contributed by atoms with Crippen molar-refractivity contribution in [1.82, 2.24) is 0 Å². The highest BCUT2D eigenvalue weighted by Gasteiger charge is 2.39. The minimum Gasteiger partial charge on any atom is -0.490 e. The molecule has 0 spiro atoms. The summed E-state index contributed by atoms with van der Waals surface area (Å²) in [5, 5.41) is 0. The highest BCUT2D eigenvalue weighted by Crippen LogP contribution is 2.37. The molecule has 0 N–H and O–H groups in total. The summed E-state index contributed by atoms with van der Waals surface area (Å²) >= 11 is 0. The lowest BCUT2D eigenvalue weighted by molar-refractivity contribution is -0.161. The van der Waals surface area contributed by atoms with Gasteiger partial charge in [0.2, 0.25) is 22.4 Å². The SMILES string of the molecule is CCOC(=O)[C@@](C)(CC)Oc1ccc(OC/C=C(\C)c2ccc(-c3ccc(C(F)(F)F)cc3)cc2)cc1.CCOC(=O)[C@@](C)(CC)Oc1ccc(OC/C=C/c2ccc(-c3ccccc3)cc2)cc1.CCOC(=O)[C@](C)(CC)Oc1ccc(OC/C=C(\C)c2ccc(-c3ccc(C(F)(F)F)cc3)cc2)cc1.CCOC(=O)[C@](C)(CC)Oc1ccc(OC/C=C/c2ccc(-c3ccccc3)cc2)cc1. The van der Waals surface area contributed by atoms with Crippen LogP contribution in [0.15, 0.2) is 328 Å². The molecule has 12 rings (SSSR count). The Bertz CT molecular complexity index is 5510. The lowest BCUT2D eigenvalue weighted by Gasteiger charge is -2.27. The maximum atomic E-state index is 12.8. The number of hydrogen-bond acceptors (Lipinski definition) is 16. The number of carbonyl (C=O) groups excluding carboxylic acids is 4. The van der Waals surface area contributed by atoms with Gasteiger partial charge in [-0.25, -0.2) is 19.2 Å². The summed E-state index contributed by atoms with van der Waals surface area (Å²) in [4.78, 5) is 48.8. The Morgan fingerprint density at radius 1 is 0.254 bits per heavy atom. The van der Waals surface area contributed by atoms with Crippen LogP contribution in [0, 0.1) is 0 Å². The number of carbonyl (C=O) groups is 4. The van der Waals surface area contributed by atoms with Gasteiger partial charge in [0.05, 0.1) is 37.6 Å². The van der Waals surface area contributed by atoms with E-state index >= 15 is 0 Å². The second-order valence-corrected chi connectivity index (χ2v) is 32.6. The lowest BCUT2D eigenvalue weighted by atomic mass is 10.00. The zero-order valence-corrected chi connectivity index (χ0v) is 80.6. The molecule has 0 aliphatic rings. The van der Waals surface area contributed by atoms with Crippen LogP contribution in [0.25, 0.3) is 67.8 Å². The molecule has 0 radical (unpaired) electrons. The molecule has 0 fully saturated rings. The summed E-state index contributed by atoms with van der Waals surface area (Å²) < 4.78 is 144. The van der Waals surface area contributed by atoms with Crippen molar-refractivity contribution in [2.24, 2.45) is 0 Å². The van der Waals surface area contributed by atoms with E-state index in [2.05, 4.69) is 72.8 Å². The molecule has 138 heavy (non-hydrogen) atoms. The van der Waals surface area contributed by atoms with E-state index in [4.69, 9.17) is 56.8 Å². The summed E-state index contributed by atoms with van der Waals surface area (Å²) in [5.41, 5.74) is 8.72. The Hall–Kier alpha value is -14.5. The molecule has 0 unspecified atom stereocenters. The number of benzene rings is 12. The quantitative estimate of drug-likeness (QED) is 0.0201. The van der Waals surface area contributed by atoms with E-state index in [1.807, 2.05) is 187 Å². The summed E-state index contributed by atoms with van der Waals surface area (Å²) in [6, 6.07) is 91.7. The van der Waals surface area contributed by atoms with E-state index in [0.29, 0.717) is 113 Å². The van der Waals surface area contributed by atoms with Gasteiger partial charge in [0.15, 0.2) is 0 Å². The molecule has 0 aromatic heterocycles. The van der Waals surface area contributed by atoms with Crippen LogP contribution in [0.5, 0.6) is 46.0 Å². The van der Waals surface area contributed by atoms with Crippen LogP contribution in [-0.2, 0) is 50.5 Å². The molecular formula is C116H122F6O16. The second kappa shape index (κ2) is 52.5. The van der Waals surface area contributed by atoms with Crippen LogP contribution in [-0.4, -0.2) is 99.1 Å². The zero-order valence-electron chi connectivity index (χ0n) is 80.6. The Kier molecular flexibility index (Phi) is 40.8. The average Bonchev–Trinajstić information content (AvgIpc) is 0.846. The number of ether oxygens (including phenoxy) is 12. The summed E-state index contributed by atoms with van der Waals surface area (Å²) in [5.74, 6) is 3.56. The van der Waals surface area contributed by atoms with Gasteiger partial charge in [-0.1, -0.05) is 222 Å². The fraction of sp³-hybridized carbons (Fsp3) is 0.276. The van der Waals surface area contributed by atoms with Crippen molar-refractivity contribution in [1.29, 1.82) is 0 Å². The minimum atomic E-state index is -4.34. The monoisotopic (exact) mass is 1880 g/mol. The zero-order chi connectivity index (χ0) is 99.7. The number of rotatable bonds is 40. The van der Waals surface area contributed by atoms with Crippen LogP contribution in [0.2, 0.25) is 0 Å². The number of alkyl halides is 6. The van der Waals surface area contributed by atoms with Gasteiger partial charge in [-0.05, 0) is 318 Å². The molecule has 0 aliphatic heterocycles. The predicted molar refractivity (Wildman–Crippen MR) is 534 cm³/mol. The van der Waals surface area contributed by atoms with Gasteiger partial charge in [-0.15, -0.1) is 0 Å². The molecule has 12 aromatic carbocycles. The van der Waals surface area contributed by atoms with Crippen LogP contribution < -0.4 is 37.9 Å². The Morgan fingerprint density at radius 3 is 0.674 bits per heavy atom. The smallest absolute Gasteiger partial charge is 0.416 e. The fourth-order valence-corrected chi connectivity index (χ4v) is 13.4. The molecule has 0 saturated heterocycles. The first kappa shape index (κ1) is 107. The Labute approximate surface area is 806 Å². The Morgan fingerprint density at radius 2 is 0.457 bits per heavy atom. The fourth-order valence-electron chi connectivity index (χ4n) is 13.4. The molecule has 16 nitrogen and oxygen atoms in total. The summed E-state index contributed by atoms with van der Waals surface area (Å²) in [7, 11) is 0. The van der Waals surface area contributed by atoms with Gasteiger partial charge in [-0.2, -0.15) is 26.3 Å². The van der Waals surface area contributed by atoms with Crippen LogP contribution in [0.4, 0.5) is 26.3 Å². The average molecular weight is 1890 g/mol. The van der Waals surface area contributed by atoms with Gasteiger partial charge < -0.3 is 56.8 Å². The molecule has 0 aliphatic carbocycles. The van der Waals surface area contributed by atoms with Gasteiger partial charge in [-0.3, -0.25) is 0 Å². The van der Waals surface area contributed by atoms with Crippen molar-refractivity contribution in [2.75, 3.05) is 52.9 Å². The topological polar surface area (TPSA) is 179 Å². The summed E-state index contributed by atoms with van der Waals surface area (Å²) in [6.45, 7) is 28.3. The number of allylic oxidation sites excluding steroid dienone is 2.